The van der Waals surface area contributed by atoms with Crippen LogP contribution in [0.1, 0.15) is 39.9 Å². The van der Waals surface area contributed by atoms with Crippen molar-refractivity contribution in [2.24, 2.45) is 0 Å². The van der Waals surface area contributed by atoms with Gasteiger partial charge >= 0.3 is 0 Å². The van der Waals surface area contributed by atoms with Crippen molar-refractivity contribution in [3.63, 3.8) is 0 Å². The van der Waals surface area contributed by atoms with Gasteiger partial charge in [0.05, 0.1) is 22.2 Å². The van der Waals surface area contributed by atoms with Crippen LogP contribution in [0.4, 0.5) is 14.6 Å². The van der Waals surface area contributed by atoms with E-state index in [0.29, 0.717) is 33.6 Å². The fourth-order valence-electron chi connectivity index (χ4n) is 5.41. The van der Waals surface area contributed by atoms with Gasteiger partial charge in [0.25, 0.3) is 5.91 Å². The predicted octanol–water partition coefficient (Wildman–Crippen LogP) is 4.60. The van der Waals surface area contributed by atoms with Crippen molar-refractivity contribution in [1.29, 1.82) is 5.26 Å². The van der Waals surface area contributed by atoms with Crippen LogP contribution < -0.4 is 10.2 Å². The standard InChI is InChI=1S/C30H31ClF2N6O/c31-26-16-24(30(40)36-18-23-5-6-27(32)28(33)15-23)19-35-29(26)39-13-11-38(12-14-39)25-7-9-37(10-8-25)20-22-3-1-21(17-34)2-4-22/h1-6,15-16,19,25H,7-14,18,20H2,(H,36,40). The molecule has 2 aromatic carbocycles. The Morgan fingerprint density at radius 2 is 1.68 bits per heavy atom. The summed E-state index contributed by atoms with van der Waals surface area (Å²) in [7, 11) is 0. The van der Waals surface area contributed by atoms with Crippen LogP contribution in [-0.2, 0) is 13.1 Å². The number of benzene rings is 2. The molecule has 3 heterocycles. The quantitative estimate of drug-likeness (QED) is 0.452. The minimum atomic E-state index is -0.953. The lowest BCUT2D eigenvalue weighted by atomic mass is 10.0. The van der Waals surface area contributed by atoms with Gasteiger partial charge in [0.1, 0.15) is 5.82 Å². The second kappa shape index (κ2) is 12.7. The Hall–Kier alpha value is -3.58. The molecule has 0 unspecified atom stereocenters. The van der Waals surface area contributed by atoms with E-state index in [1.165, 1.54) is 17.8 Å². The average molecular weight is 565 g/mol. The highest BCUT2D eigenvalue weighted by atomic mass is 35.5. The molecule has 0 aliphatic carbocycles. The summed E-state index contributed by atoms with van der Waals surface area (Å²) in [6, 6.07) is 15.7. The van der Waals surface area contributed by atoms with E-state index in [9.17, 15) is 13.6 Å². The van der Waals surface area contributed by atoms with Crippen molar-refractivity contribution < 1.29 is 13.6 Å². The minimum absolute atomic E-state index is 0.0612. The highest BCUT2D eigenvalue weighted by Gasteiger charge is 2.28. The smallest absolute Gasteiger partial charge is 0.253 e. The zero-order chi connectivity index (χ0) is 28.1. The number of amides is 1. The highest BCUT2D eigenvalue weighted by molar-refractivity contribution is 6.33. The molecule has 0 bridgehead atoms. The van der Waals surface area contributed by atoms with Crippen LogP contribution in [0.15, 0.2) is 54.7 Å². The molecule has 2 aliphatic rings. The van der Waals surface area contributed by atoms with Crippen LogP contribution >= 0.6 is 11.6 Å². The Morgan fingerprint density at radius 3 is 2.33 bits per heavy atom. The molecule has 1 N–H and O–H groups in total. The number of likely N-dealkylation sites (tertiary alicyclic amines) is 1. The van der Waals surface area contributed by atoms with Crippen LogP contribution in [0.3, 0.4) is 0 Å². The molecule has 2 fully saturated rings. The number of rotatable bonds is 7. The first-order valence-corrected chi connectivity index (χ1v) is 13.9. The highest BCUT2D eigenvalue weighted by Crippen LogP contribution is 2.27. The van der Waals surface area contributed by atoms with Gasteiger partial charge in [-0.15, -0.1) is 0 Å². The molecule has 3 aromatic rings. The normalized spacial score (nSPS) is 17.0. The molecule has 1 amide bonds. The lowest BCUT2D eigenvalue weighted by Crippen LogP contribution is -2.53. The van der Waals surface area contributed by atoms with Gasteiger partial charge in [0.2, 0.25) is 0 Å². The minimum Gasteiger partial charge on any atom is -0.353 e. The van der Waals surface area contributed by atoms with Gasteiger partial charge in [-0.2, -0.15) is 5.26 Å². The fourth-order valence-corrected chi connectivity index (χ4v) is 5.69. The first-order valence-electron chi connectivity index (χ1n) is 13.5. The number of aromatic nitrogens is 1. The number of nitrogens with zero attached hydrogens (tertiary/aromatic N) is 5. The van der Waals surface area contributed by atoms with Gasteiger partial charge in [-0.1, -0.05) is 29.8 Å². The van der Waals surface area contributed by atoms with Crippen molar-refractivity contribution >= 4 is 23.3 Å². The van der Waals surface area contributed by atoms with Gasteiger partial charge in [-0.3, -0.25) is 14.6 Å². The van der Waals surface area contributed by atoms with Gasteiger partial charge in [0.15, 0.2) is 11.6 Å². The molecule has 208 valence electrons. The molecule has 7 nitrogen and oxygen atoms in total. The Bertz CT molecular complexity index is 1380. The van der Waals surface area contributed by atoms with Crippen molar-refractivity contribution in [3.8, 4) is 6.07 Å². The number of carbonyl (C=O) groups excluding carboxylic acids is 1. The second-order valence-corrected chi connectivity index (χ2v) is 10.7. The molecule has 5 rings (SSSR count). The van der Waals surface area contributed by atoms with Crippen LogP contribution in [0, 0.1) is 23.0 Å². The Kier molecular flexibility index (Phi) is 8.90. The molecular formula is C30H31ClF2N6O. The first-order chi connectivity index (χ1) is 19.4. The average Bonchev–Trinajstić information content (AvgIpc) is 2.98. The van der Waals surface area contributed by atoms with Gasteiger partial charge < -0.3 is 10.2 Å². The molecule has 0 atom stereocenters. The Labute approximate surface area is 238 Å². The van der Waals surface area contributed by atoms with Crippen LogP contribution in [0.2, 0.25) is 5.02 Å². The molecule has 0 spiro atoms. The van der Waals surface area contributed by atoms with Crippen molar-refractivity contribution in [2.45, 2.75) is 32.0 Å². The van der Waals surface area contributed by atoms with Gasteiger partial charge in [0, 0.05) is 51.5 Å². The summed E-state index contributed by atoms with van der Waals surface area (Å²) in [6.45, 7) is 6.54. The van der Waals surface area contributed by atoms with Crippen molar-refractivity contribution in [3.05, 3.63) is 93.6 Å². The molecule has 40 heavy (non-hydrogen) atoms. The third-order valence-corrected chi connectivity index (χ3v) is 7.98. The molecule has 2 saturated heterocycles. The predicted molar refractivity (Wildman–Crippen MR) is 150 cm³/mol. The summed E-state index contributed by atoms with van der Waals surface area (Å²) in [5, 5.41) is 12.1. The number of hydrogen-bond acceptors (Lipinski definition) is 6. The summed E-state index contributed by atoms with van der Waals surface area (Å²) in [6.07, 6.45) is 3.76. The molecule has 0 saturated carbocycles. The summed E-state index contributed by atoms with van der Waals surface area (Å²) in [5.74, 6) is -1.60. The van der Waals surface area contributed by atoms with E-state index in [1.54, 1.807) is 6.07 Å². The lowest BCUT2D eigenvalue weighted by Gasteiger charge is -2.43. The topological polar surface area (TPSA) is 75.5 Å². The van der Waals surface area contributed by atoms with E-state index in [4.69, 9.17) is 16.9 Å². The molecule has 0 radical (unpaired) electrons. The Balaban J connectivity index is 1.08. The van der Waals surface area contributed by atoms with E-state index >= 15 is 0 Å². The Morgan fingerprint density at radius 1 is 0.975 bits per heavy atom. The van der Waals surface area contributed by atoms with Gasteiger partial charge in [-0.05, 0) is 67.4 Å². The largest absolute Gasteiger partial charge is 0.353 e. The van der Waals surface area contributed by atoms with Crippen LogP contribution in [-0.4, -0.2) is 66.0 Å². The van der Waals surface area contributed by atoms with E-state index in [0.717, 1.165) is 70.8 Å². The number of carbonyl (C=O) groups is 1. The molecular weight excluding hydrogens is 534 g/mol. The number of piperazine rings is 1. The number of nitriles is 1. The van der Waals surface area contributed by atoms with E-state index in [2.05, 4.69) is 31.1 Å². The van der Waals surface area contributed by atoms with E-state index < -0.39 is 11.6 Å². The van der Waals surface area contributed by atoms with Gasteiger partial charge in [-0.25, -0.2) is 13.8 Å². The second-order valence-electron chi connectivity index (χ2n) is 10.3. The lowest BCUT2D eigenvalue weighted by molar-refractivity contribution is 0.0950. The number of hydrogen-bond donors (Lipinski definition) is 1. The van der Waals surface area contributed by atoms with E-state index in [-0.39, 0.29) is 12.5 Å². The molecule has 10 heteroatoms. The van der Waals surface area contributed by atoms with Crippen LogP contribution in [0.25, 0.3) is 0 Å². The number of piperidine rings is 1. The maximum atomic E-state index is 13.4. The SMILES string of the molecule is N#Cc1ccc(CN2CCC(N3CCN(c4ncc(C(=O)NCc5ccc(F)c(F)c5)cc4Cl)CC3)CC2)cc1. The summed E-state index contributed by atoms with van der Waals surface area (Å²) >= 11 is 6.54. The fraction of sp³-hybridized carbons (Fsp3) is 0.367. The molecule has 1 aromatic heterocycles. The summed E-state index contributed by atoms with van der Waals surface area (Å²) in [5.41, 5.74) is 2.69. The number of pyridine rings is 1. The van der Waals surface area contributed by atoms with E-state index in [1.807, 2.05) is 24.3 Å². The van der Waals surface area contributed by atoms with Crippen molar-refractivity contribution in [2.75, 3.05) is 44.2 Å². The summed E-state index contributed by atoms with van der Waals surface area (Å²) < 4.78 is 26.5. The first kappa shape index (κ1) is 28.0. The maximum Gasteiger partial charge on any atom is 0.253 e. The van der Waals surface area contributed by atoms with Crippen molar-refractivity contribution in [1.82, 2.24) is 20.1 Å². The third kappa shape index (κ3) is 6.76. The number of halogens is 3. The summed E-state index contributed by atoms with van der Waals surface area (Å²) in [4.78, 5) is 24.2. The van der Waals surface area contributed by atoms with Crippen LogP contribution in [0.5, 0.6) is 0 Å². The molecule has 2 aliphatic heterocycles. The monoisotopic (exact) mass is 564 g/mol. The number of nitrogens with one attached hydrogen (secondary N) is 1. The zero-order valence-electron chi connectivity index (χ0n) is 22.1. The maximum absolute atomic E-state index is 13.4. The zero-order valence-corrected chi connectivity index (χ0v) is 22.9. The third-order valence-electron chi connectivity index (χ3n) is 7.70. The number of anilines is 1.